The maximum absolute atomic E-state index is 14.1. The van der Waals surface area contributed by atoms with Crippen LogP contribution in [-0.2, 0) is 7.05 Å². The molecule has 0 aliphatic heterocycles. The van der Waals surface area contributed by atoms with Gasteiger partial charge in [-0.2, -0.15) is 10.4 Å². The van der Waals surface area contributed by atoms with Crippen molar-refractivity contribution in [2.45, 2.75) is 13.8 Å². The summed E-state index contributed by atoms with van der Waals surface area (Å²) in [5.74, 6) is -0.00946. The van der Waals surface area contributed by atoms with Crippen molar-refractivity contribution in [3.63, 3.8) is 0 Å². The molecular weight excluding hydrogens is 313 g/mol. The van der Waals surface area contributed by atoms with Crippen LogP contribution >= 0.6 is 15.9 Å². The molecule has 0 bridgehead atoms. The Bertz CT molecular complexity index is 688. The number of hydrogen-bond acceptors (Lipinski definition) is 3. The van der Waals surface area contributed by atoms with Crippen molar-refractivity contribution in [1.29, 1.82) is 5.26 Å². The molecule has 1 aromatic heterocycles. The summed E-state index contributed by atoms with van der Waals surface area (Å²) in [7, 11) is 1.79. The van der Waals surface area contributed by atoms with Crippen LogP contribution in [0.2, 0.25) is 0 Å². The maximum Gasteiger partial charge on any atom is 0.181 e. The molecule has 19 heavy (non-hydrogen) atoms. The Morgan fingerprint density at radius 3 is 2.63 bits per heavy atom. The third-order valence-corrected chi connectivity index (χ3v) is 3.60. The number of aromatic nitrogens is 2. The Labute approximate surface area is 118 Å². The highest BCUT2D eigenvalue weighted by molar-refractivity contribution is 9.10. The first-order valence-electron chi connectivity index (χ1n) is 5.51. The molecule has 0 N–H and O–H groups in total. The molecule has 0 amide bonds. The minimum Gasteiger partial charge on any atom is -0.450 e. The van der Waals surface area contributed by atoms with Crippen molar-refractivity contribution >= 4 is 15.9 Å². The smallest absolute Gasteiger partial charge is 0.181 e. The first-order chi connectivity index (χ1) is 8.95. The molecule has 98 valence electrons. The summed E-state index contributed by atoms with van der Waals surface area (Å²) >= 11 is 3.05. The van der Waals surface area contributed by atoms with E-state index >= 15 is 0 Å². The second-order valence-corrected chi connectivity index (χ2v) is 4.87. The van der Waals surface area contributed by atoms with Crippen molar-refractivity contribution < 1.29 is 9.13 Å². The number of halogens is 2. The minimum atomic E-state index is -0.596. The zero-order valence-corrected chi connectivity index (χ0v) is 12.2. The summed E-state index contributed by atoms with van der Waals surface area (Å²) in [5, 5.41) is 13.0. The Balaban J connectivity index is 2.45. The molecule has 0 saturated carbocycles. The van der Waals surface area contributed by atoms with E-state index < -0.39 is 5.82 Å². The molecule has 0 unspecified atom stereocenters. The number of nitriles is 1. The summed E-state index contributed by atoms with van der Waals surface area (Å²) in [6.07, 6.45) is 0. The molecule has 1 aromatic carbocycles. The highest BCUT2D eigenvalue weighted by Gasteiger charge is 2.17. The van der Waals surface area contributed by atoms with Gasteiger partial charge in [-0.15, -0.1) is 0 Å². The monoisotopic (exact) mass is 323 g/mol. The van der Waals surface area contributed by atoms with Crippen LogP contribution in [0.3, 0.4) is 0 Å². The fourth-order valence-electron chi connectivity index (χ4n) is 1.71. The highest BCUT2D eigenvalue weighted by Crippen LogP contribution is 2.33. The van der Waals surface area contributed by atoms with Crippen LogP contribution in [0.1, 0.15) is 17.0 Å². The van der Waals surface area contributed by atoms with Gasteiger partial charge in [-0.1, -0.05) is 0 Å². The molecule has 0 atom stereocenters. The van der Waals surface area contributed by atoms with Gasteiger partial charge in [-0.05, 0) is 41.9 Å². The zero-order chi connectivity index (χ0) is 14.2. The predicted octanol–water partition coefficient (Wildman–Crippen LogP) is 3.60. The third-order valence-electron chi connectivity index (χ3n) is 2.82. The van der Waals surface area contributed by atoms with Crippen LogP contribution in [0, 0.1) is 31.0 Å². The molecule has 0 radical (unpaired) electrons. The van der Waals surface area contributed by atoms with Crippen LogP contribution in [0.5, 0.6) is 11.5 Å². The molecule has 2 rings (SSSR count). The van der Waals surface area contributed by atoms with E-state index in [0.717, 1.165) is 5.69 Å². The Morgan fingerprint density at radius 1 is 1.42 bits per heavy atom. The van der Waals surface area contributed by atoms with Gasteiger partial charge in [0.05, 0.1) is 15.7 Å². The molecule has 2 aromatic rings. The van der Waals surface area contributed by atoms with Crippen molar-refractivity contribution in [3.8, 4) is 17.6 Å². The SMILES string of the molecule is Cc1nn(C)c(C)c1Oc1ccc(C#N)c(Br)c1F. The first kappa shape index (κ1) is 13.6. The number of hydrogen-bond donors (Lipinski definition) is 0. The zero-order valence-electron chi connectivity index (χ0n) is 10.7. The molecule has 4 nitrogen and oxygen atoms in total. The van der Waals surface area contributed by atoms with Gasteiger partial charge in [-0.3, -0.25) is 4.68 Å². The number of benzene rings is 1. The number of rotatable bonds is 2. The topological polar surface area (TPSA) is 50.8 Å². The summed E-state index contributed by atoms with van der Waals surface area (Å²) in [6, 6.07) is 4.83. The van der Waals surface area contributed by atoms with Gasteiger partial charge in [0.1, 0.15) is 11.8 Å². The van der Waals surface area contributed by atoms with Crippen molar-refractivity contribution in [2.75, 3.05) is 0 Å². The second kappa shape index (κ2) is 5.02. The van der Waals surface area contributed by atoms with E-state index in [9.17, 15) is 4.39 Å². The standard InChI is InChI=1S/C13H11BrFN3O/c1-7-13(8(2)18(3)17-7)19-10-5-4-9(6-16)11(14)12(10)15/h4-5H,1-3H3. The normalized spacial score (nSPS) is 10.3. The van der Waals surface area contributed by atoms with Crippen LogP contribution in [-0.4, -0.2) is 9.78 Å². The molecular formula is C13H11BrFN3O. The lowest BCUT2D eigenvalue weighted by atomic mass is 10.2. The van der Waals surface area contributed by atoms with E-state index in [-0.39, 0.29) is 15.8 Å². The summed E-state index contributed by atoms with van der Waals surface area (Å²) < 4.78 is 21.4. The predicted molar refractivity (Wildman–Crippen MR) is 71.6 cm³/mol. The van der Waals surface area contributed by atoms with E-state index in [2.05, 4.69) is 21.0 Å². The molecule has 6 heteroatoms. The molecule has 0 saturated heterocycles. The van der Waals surface area contributed by atoms with Crippen molar-refractivity contribution in [1.82, 2.24) is 9.78 Å². The summed E-state index contributed by atoms with van der Waals surface area (Å²) in [6.45, 7) is 3.63. The lowest BCUT2D eigenvalue weighted by Gasteiger charge is -2.08. The van der Waals surface area contributed by atoms with Gasteiger partial charge in [0, 0.05) is 7.05 Å². The average Bonchev–Trinajstić information content (AvgIpc) is 2.61. The van der Waals surface area contributed by atoms with Crippen LogP contribution in [0.15, 0.2) is 16.6 Å². The van der Waals surface area contributed by atoms with Crippen molar-refractivity contribution in [2.24, 2.45) is 7.05 Å². The van der Waals surface area contributed by atoms with Crippen LogP contribution in [0.4, 0.5) is 4.39 Å². The van der Waals surface area contributed by atoms with E-state index in [1.54, 1.807) is 18.7 Å². The largest absolute Gasteiger partial charge is 0.450 e. The van der Waals surface area contributed by atoms with Crippen LogP contribution in [0.25, 0.3) is 0 Å². The first-order valence-corrected chi connectivity index (χ1v) is 6.31. The van der Waals surface area contributed by atoms with Gasteiger partial charge in [0.2, 0.25) is 0 Å². The average molecular weight is 324 g/mol. The van der Waals surface area contributed by atoms with E-state index in [4.69, 9.17) is 10.00 Å². The number of nitrogens with zero attached hydrogens (tertiary/aromatic N) is 3. The van der Waals surface area contributed by atoms with Crippen LogP contribution < -0.4 is 4.74 Å². The van der Waals surface area contributed by atoms with Gasteiger partial charge >= 0.3 is 0 Å². The second-order valence-electron chi connectivity index (χ2n) is 4.08. The fraction of sp³-hybridized carbons (Fsp3) is 0.231. The van der Waals surface area contributed by atoms with Crippen molar-refractivity contribution in [3.05, 3.63) is 39.4 Å². The third kappa shape index (κ3) is 2.34. The van der Waals surface area contributed by atoms with Gasteiger partial charge in [-0.25, -0.2) is 4.39 Å². The molecule has 0 aliphatic carbocycles. The number of aryl methyl sites for hydroxylation is 2. The Kier molecular flexibility index (Phi) is 3.58. The Hall–Kier alpha value is -1.87. The quantitative estimate of drug-likeness (QED) is 0.848. The summed E-state index contributed by atoms with van der Waals surface area (Å²) in [4.78, 5) is 0. The Morgan fingerprint density at radius 2 is 2.11 bits per heavy atom. The fourth-order valence-corrected chi connectivity index (χ4v) is 2.12. The maximum atomic E-state index is 14.1. The summed E-state index contributed by atoms with van der Waals surface area (Å²) in [5.41, 5.74) is 1.71. The lowest BCUT2D eigenvalue weighted by molar-refractivity contribution is 0.434. The van der Waals surface area contributed by atoms with E-state index in [1.165, 1.54) is 12.1 Å². The van der Waals surface area contributed by atoms with Gasteiger partial charge in [0.25, 0.3) is 0 Å². The van der Waals surface area contributed by atoms with E-state index in [1.807, 2.05) is 13.0 Å². The molecule has 0 aliphatic rings. The lowest BCUT2D eigenvalue weighted by Crippen LogP contribution is -1.95. The molecule has 0 spiro atoms. The number of ether oxygens (including phenoxy) is 1. The highest BCUT2D eigenvalue weighted by atomic mass is 79.9. The van der Waals surface area contributed by atoms with Gasteiger partial charge in [0.15, 0.2) is 17.3 Å². The molecule has 0 fully saturated rings. The molecule has 1 heterocycles. The minimum absolute atomic E-state index is 0.0603. The van der Waals surface area contributed by atoms with E-state index in [0.29, 0.717) is 11.4 Å². The van der Waals surface area contributed by atoms with Gasteiger partial charge < -0.3 is 4.74 Å².